The van der Waals surface area contributed by atoms with Crippen LogP contribution in [0.1, 0.15) is 1.43 Å². The summed E-state index contributed by atoms with van der Waals surface area (Å²) >= 11 is 0. The third-order valence-corrected chi connectivity index (χ3v) is 0. The average molecular weight is 246 g/mol. The molecule has 0 aromatic heterocycles. The summed E-state index contributed by atoms with van der Waals surface area (Å²) in [6.45, 7) is 0. The van der Waals surface area contributed by atoms with Gasteiger partial charge in [0.25, 0.3) is 0 Å². The number of rotatable bonds is 0. The Labute approximate surface area is 98.2 Å². The van der Waals surface area contributed by atoms with Crippen LogP contribution in [0.15, 0.2) is 0 Å². The molecule has 13 heteroatoms. The maximum Gasteiger partial charge on any atom is 1.00 e. The van der Waals surface area contributed by atoms with Crippen LogP contribution in [0.4, 0.5) is 0 Å². The van der Waals surface area contributed by atoms with Crippen molar-refractivity contribution in [2.45, 2.75) is 0 Å². The molecule has 0 aliphatic heterocycles. The third kappa shape index (κ3) is 14800. The maximum absolute atomic E-state index is 8.74. The molecule has 18 N–H and O–H groups in total. The van der Waals surface area contributed by atoms with Gasteiger partial charge in [-0.2, -0.15) is 0 Å². The second-order valence-corrected chi connectivity index (χ2v) is 0.848. The summed E-state index contributed by atoms with van der Waals surface area (Å²) < 4.78 is 8.74. The van der Waals surface area contributed by atoms with Crippen LogP contribution in [0.3, 0.4) is 0 Å². The van der Waals surface area contributed by atoms with Gasteiger partial charge in [-0.25, -0.2) is 0 Å². The van der Waals surface area contributed by atoms with Crippen LogP contribution in [0, 0.1) is 0 Å². The van der Waals surface area contributed by atoms with Gasteiger partial charge in [0.05, 0.1) is 0 Å². The van der Waals surface area contributed by atoms with E-state index < -0.39 is 9.17 Å². The number of hydrogen-bond donors (Lipinski definition) is 2. The van der Waals surface area contributed by atoms with E-state index in [1.54, 1.807) is 0 Å². The normalized spacial score (nSPS) is 1.85. The minimum absolute atomic E-state index is 0. The maximum atomic E-state index is 8.74. The molecule has 0 aliphatic carbocycles. The first kappa shape index (κ1) is 185. The Hall–Kier alpha value is 0.297. The summed E-state index contributed by atoms with van der Waals surface area (Å²) in [7, 11) is -3.13. The van der Waals surface area contributed by atoms with Gasteiger partial charge < -0.3 is 54.8 Å². The Morgan fingerprint density at radius 2 is 0.692 bits per heavy atom. The fourth-order valence-electron chi connectivity index (χ4n) is 0. The summed E-state index contributed by atoms with van der Waals surface area (Å²) in [6, 6.07) is 0. The molecule has 0 fully saturated rings. The van der Waals surface area contributed by atoms with Gasteiger partial charge in [0.2, 0.25) is 0 Å². The van der Waals surface area contributed by atoms with Crippen molar-refractivity contribution in [3.05, 3.63) is 0 Å². The van der Waals surface area contributed by atoms with E-state index in [1.807, 2.05) is 0 Å². The third-order valence-electron chi connectivity index (χ3n) is 0. The summed E-state index contributed by atoms with van der Waals surface area (Å²) in [5.41, 5.74) is 0. The second kappa shape index (κ2) is 144. The van der Waals surface area contributed by atoms with Gasteiger partial charge in [-0.15, -0.1) is 0 Å². The fraction of sp³-hybridized carbons (Fsp3) is 0. The molecule has 0 aliphatic rings. The molecule has 0 heterocycles. The molecule has 0 atom stereocenters. The Morgan fingerprint density at radius 1 is 0.692 bits per heavy atom. The molecule has 0 saturated carbocycles. The van der Waals surface area contributed by atoms with E-state index in [9.17, 15) is 0 Å². The van der Waals surface area contributed by atoms with Gasteiger partial charge >= 0.3 is 38.7 Å². The zero-order chi connectivity index (χ0) is 3.58. The van der Waals surface area contributed by atoms with Crippen molar-refractivity contribution < 1.29 is 88.8 Å². The topological polar surface area (TPSA) is 310 Å². The molecule has 13 heavy (non-hydrogen) atoms. The van der Waals surface area contributed by atoms with Crippen molar-refractivity contribution in [1.82, 2.24) is 0 Å². The van der Waals surface area contributed by atoms with Gasteiger partial charge in [-0.1, -0.05) is 0 Å². The number of hydrogen-bond acceptors (Lipinski definition) is 1. The monoisotopic (exact) mass is 246 g/mol. The predicted octanol–water partition coefficient (Wildman–Crippen LogP) is -11.1. The molecule has 0 unspecified atom stereocenters. The van der Waals surface area contributed by atoms with Crippen LogP contribution in [-0.2, 0) is 4.46 Å². The van der Waals surface area contributed by atoms with E-state index >= 15 is 0 Å². The molecular weight excluding hydrogens is 227 g/mol. The molecule has 0 aromatic rings. The second-order valence-electron chi connectivity index (χ2n) is 0.283. The zero-order valence-electron chi connectivity index (χ0n) is 7.80. The predicted molar refractivity (Wildman–Crippen MR) is 40.9 cm³/mol. The summed E-state index contributed by atoms with van der Waals surface area (Å²) in [5.74, 6) is 0. The van der Waals surface area contributed by atoms with Crippen molar-refractivity contribution >= 4 is 9.17 Å². The first-order valence-electron chi connectivity index (χ1n) is 0.651. The Balaban J connectivity index is -0.000000001000. The summed E-state index contributed by atoms with van der Waals surface area (Å²) in [6.07, 6.45) is 0. The molecule has 11 nitrogen and oxygen atoms in total. The molecule has 0 rings (SSSR count). The summed E-state index contributed by atoms with van der Waals surface area (Å²) in [4.78, 5) is 14.3. The van der Waals surface area contributed by atoms with E-state index in [4.69, 9.17) is 14.1 Å². The van der Waals surface area contributed by atoms with Crippen molar-refractivity contribution in [3.8, 4) is 0 Å². The Kier molecular flexibility index (Phi) is 2050. The molecule has 90 valence electrons. The van der Waals surface area contributed by atoms with E-state index in [2.05, 4.69) is 0 Å². The van der Waals surface area contributed by atoms with Crippen molar-refractivity contribution in [1.29, 1.82) is 0 Å². The molecule has 0 spiro atoms. The molecule has 0 bridgehead atoms. The van der Waals surface area contributed by atoms with Crippen LogP contribution >= 0.6 is 0 Å². The molecule has 0 radical (unpaired) electrons. The first-order valence-corrected chi connectivity index (χ1v) is 1.95. The Morgan fingerprint density at radius 3 is 0.692 bits per heavy atom. The van der Waals surface area contributed by atoms with Crippen LogP contribution in [0.2, 0.25) is 0 Å². The zero-order valence-corrected chi connectivity index (χ0v) is 9.80. The Bertz CT molecular complexity index is 38.3. The van der Waals surface area contributed by atoms with Crippen molar-refractivity contribution in [2.75, 3.05) is 0 Å². The van der Waals surface area contributed by atoms with Crippen molar-refractivity contribution in [2.24, 2.45) is 0 Å². The van der Waals surface area contributed by atoms with Crippen LogP contribution in [0.25, 0.3) is 0 Å². The first-order chi connectivity index (χ1) is 1.73. The molecular formula is H19NaO11Si. The van der Waals surface area contributed by atoms with Crippen LogP contribution in [-0.4, -0.2) is 62.6 Å². The standard InChI is InChI=1S/Na.H2O3Si.8H2O.H/c;1-4(2)3;;;;;;;;;/h;1-2H;8*1H2;/q+1;;;;;;;;;;-1. The average Bonchev–Trinajstić information content (AvgIpc) is 0.811. The van der Waals surface area contributed by atoms with Crippen LogP contribution in [0.5, 0.6) is 0 Å². The largest absolute Gasteiger partial charge is 1.00 e. The van der Waals surface area contributed by atoms with E-state index in [0.29, 0.717) is 0 Å². The van der Waals surface area contributed by atoms with Gasteiger partial charge in [0.15, 0.2) is 0 Å². The minimum Gasteiger partial charge on any atom is -1.00 e. The van der Waals surface area contributed by atoms with Crippen molar-refractivity contribution in [3.63, 3.8) is 0 Å². The molecule has 0 saturated heterocycles. The van der Waals surface area contributed by atoms with Gasteiger partial charge in [0, 0.05) is 0 Å². The smallest absolute Gasteiger partial charge is 1.00 e. The van der Waals surface area contributed by atoms with Crippen LogP contribution < -0.4 is 29.6 Å². The van der Waals surface area contributed by atoms with E-state index in [-0.39, 0.29) is 74.8 Å². The van der Waals surface area contributed by atoms with Gasteiger partial charge in [-0.3, -0.25) is 4.46 Å². The van der Waals surface area contributed by atoms with E-state index in [1.165, 1.54) is 0 Å². The molecule has 0 aromatic carbocycles. The quantitative estimate of drug-likeness (QED) is 0.393. The van der Waals surface area contributed by atoms with Gasteiger partial charge in [0.1, 0.15) is 0 Å². The van der Waals surface area contributed by atoms with Gasteiger partial charge in [-0.05, 0) is 0 Å². The molecule has 0 amide bonds. The fourth-order valence-corrected chi connectivity index (χ4v) is 0. The SMILES string of the molecule is O.O.O.O.O.O.O.O.O=[Si](O)O.[H-].[Na+]. The van der Waals surface area contributed by atoms with E-state index in [0.717, 1.165) is 0 Å². The summed E-state index contributed by atoms with van der Waals surface area (Å²) in [5, 5.41) is 0. The minimum atomic E-state index is -3.13.